The van der Waals surface area contributed by atoms with Crippen molar-refractivity contribution < 1.29 is 0 Å². The molecule has 3 aromatic rings. The van der Waals surface area contributed by atoms with Crippen LogP contribution in [0.5, 0.6) is 0 Å². The Labute approximate surface area is 93.4 Å². The Morgan fingerprint density at radius 3 is 2.69 bits per heavy atom. The molecule has 0 amide bonds. The summed E-state index contributed by atoms with van der Waals surface area (Å²) in [7, 11) is 2.03. The quantitative estimate of drug-likeness (QED) is 0.616. The van der Waals surface area contributed by atoms with E-state index in [1.165, 1.54) is 0 Å². The first kappa shape index (κ1) is 9.09. The molecule has 0 unspecified atom stereocenters. The third kappa shape index (κ3) is 1.29. The van der Waals surface area contributed by atoms with Crippen LogP contribution in [-0.4, -0.2) is 14.5 Å². The number of para-hydroxylation sites is 2. The van der Waals surface area contributed by atoms with Gasteiger partial charge in [-0.3, -0.25) is 4.98 Å². The van der Waals surface area contributed by atoms with Gasteiger partial charge in [0, 0.05) is 25.0 Å². The first-order valence-electron chi connectivity index (χ1n) is 5.18. The Bertz CT molecular complexity index is 626. The van der Waals surface area contributed by atoms with Crippen molar-refractivity contribution in [3.05, 3.63) is 48.8 Å². The highest BCUT2D eigenvalue weighted by molar-refractivity contribution is 5.80. The second kappa shape index (κ2) is 3.45. The van der Waals surface area contributed by atoms with Gasteiger partial charge in [-0.15, -0.1) is 0 Å². The average Bonchev–Trinajstić information content (AvgIpc) is 2.69. The molecule has 3 nitrogen and oxygen atoms in total. The number of nitrogens with zero attached hydrogens (tertiary/aromatic N) is 3. The molecule has 0 fully saturated rings. The van der Waals surface area contributed by atoms with Crippen LogP contribution in [0, 0.1) is 0 Å². The Hall–Kier alpha value is -2.16. The molecule has 0 N–H and O–H groups in total. The van der Waals surface area contributed by atoms with Crippen molar-refractivity contribution in [2.24, 2.45) is 7.05 Å². The van der Waals surface area contributed by atoms with Crippen molar-refractivity contribution >= 4 is 11.0 Å². The highest BCUT2D eigenvalue weighted by Gasteiger charge is 2.08. The van der Waals surface area contributed by atoms with Gasteiger partial charge < -0.3 is 4.57 Å². The number of rotatable bonds is 1. The molecule has 0 aliphatic carbocycles. The summed E-state index contributed by atoms with van der Waals surface area (Å²) in [6.45, 7) is 0. The number of benzene rings is 1. The summed E-state index contributed by atoms with van der Waals surface area (Å²) in [6.07, 6.45) is 3.60. The SMILES string of the molecule is Cn1c(-c2cccnc2)nc2ccccc21. The molecule has 0 spiro atoms. The molecule has 3 heteroatoms. The van der Waals surface area contributed by atoms with E-state index in [9.17, 15) is 0 Å². The average molecular weight is 209 g/mol. The minimum Gasteiger partial charge on any atom is -0.327 e. The van der Waals surface area contributed by atoms with E-state index in [0.29, 0.717) is 0 Å². The summed E-state index contributed by atoms with van der Waals surface area (Å²) in [4.78, 5) is 8.72. The van der Waals surface area contributed by atoms with Gasteiger partial charge in [0.15, 0.2) is 0 Å². The summed E-state index contributed by atoms with van der Waals surface area (Å²) in [5, 5.41) is 0. The van der Waals surface area contributed by atoms with Crippen molar-refractivity contribution in [2.75, 3.05) is 0 Å². The molecule has 0 saturated carbocycles. The minimum atomic E-state index is 0.953. The molecule has 0 bridgehead atoms. The second-order valence-electron chi connectivity index (χ2n) is 3.72. The van der Waals surface area contributed by atoms with Crippen LogP contribution in [0.3, 0.4) is 0 Å². The summed E-state index contributed by atoms with van der Waals surface area (Å²) >= 11 is 0. The molecule has 2 aromatic heterocycles. The monoisotopic (exact) mass is 209 g/mol. The lowest BCUT2D eigenvalue weighted by atomic mass is 10.3. The number of hydrogen-bond donors (Lipinski definition) is 0. The van der Waals surface area contributed by atoms with Crippen LogP contribution < -0.4 is 0 Å². The zero-order chi connectivity index (χ0) is 11.0. The van der Waals surface area contributed by atoms with Gasteiger partial charge in [-0.25, -0.2) is 4.98 Å². The summed E-state index contributed by atoms with van der Waals surface area (Å²) in [6, 6.07) is 12.1. The van der Waals surface area contributed by atoms with Gasteiger partial charge in [-0.05, 0) is 24.3 Å². The van der Waals surface area contributed by atoms with E-state index in [1.807, 2.05) is 43.6 Å². The molecule has 1 aromatic carbocycles. The molecule has 0 aliphatic rings. The molecule has 0 radical (unpaired) electrons. The molecular weight excluding hydrogens is 198 g/mol. The van der Waals surface area contributed by atoms with Crippen molar-refractivity contribution in [1.29, 1.82) is 0 Å². The van der Waals surface area contributed by atoms with E-state index in [0.717, 1.165) is 22.4 Å². The standard InChI is InChI=1S/C13H11N3/c1-16-12-7-3-2-6-11(12)15-13(16)10-5-4-8-14-9-10/h2-9H,1H3. The first-order valence-corrected chi connectivity index (χ1v) is 5.18. The topological polar surface area (TPSA) is 30.7 Å². The van der Waals surface area contributed by atoms with Gasteiger partial charge in [0.2, 0.25) is 0 Å². The molecule has 3 rings (SSSR count). The van der Waals surface area contributed by atoms with Gasteiger partial charge in [0.1, 0.15) is 5.82 Å². The van der Waals surface area contributed by atoms with Crippen molar-refractivity contribution in [3.63, 3.8) is 0 Å². The predicted octanol–water partition coefficient (Wildman–Crippen LogP) is 2.64. The van der Waals surface area contributed by atoms with Gasteiger partial charge in [-0.1, -0.05) is 12.1 Å². The van der Waals surface area contributed by atoms with Crippen molar-refractivity contribution in [2.45, 2.75) is 0 Å². The summed E-state index contributed by atoms with van der Waals surface area (Å²) in [5.74, 6) is 0.953. The molecule has 2 heterocycles. The van der Waals surface area contributed by atoms with Crippen LogP contribution in [0.2, 0.25) is 0 Å². The third-order valence-electron chi connectivity index (χ3n) is 2.71. The highest BCUT2D eigenvalue weighted by Crippen LogP contribution is 2.22. The number of fused-ring (bicyclic) bond motifs is 1. The van der Waals surface area contributed by atoms with Crippen LogP contribution in [0.25, 0.3) is 22.4 Å². The zero-order valence-corrected chi connectivity index (χ0v) is 8.96. The summed E-state index contributed by atoms with van der Waals surface area (Å²) < 4.78 is 2.09. The van der Waals surface area contributed by atoms with Crippen molar-refractivity contribution in [1.82, 2.24) is 14.5 Å². The van der Waals surface area contributed by atoms with Crippen LogP contribution in [-0.2, 0) is 7.05 Å². The van der Waals surface area contributed by atoms with Crippen LogP contribution in [0.4, 0.5) is 0 Å². The molecule has 0 atom stereocenters. The largest absolute Gasteiger partial charge is 0.327 e. The van der Waals surface area contributed by atoms with Gasteiger partial charge in [-0.2, -0.15) is 0 Å². The Morgan fingerprint density at radius 2 is 1.94 bits per heavy atom. The van der Waals surface area contributed by atoms with Crippen molar-refractivity contribution in [3.8, 4) is 11.4 Å². The zero-order valence-electron chi connectivity index (χ0n) is 8.96. The van der Waals surface area contributed by atoms with Crippen LogP contribution in [0.15, 0.2) is 48.8 Å². The molecule has 0 saturated heterocycles. The lowest BCUT2D eigenvalue weighted by molar-refractivity contribution is 0.957. The fraction of sp³-hybridized carbons (Fsp3) is 0.0769. The van der Waals surface area contributed by atoms with E-state index < -0.39 is 0 Å². The first-order chi connectivity index (χ1) is 7.86. The van der Waals surface area contributed by atoms with Crippen LogP contribution >= 0.6 is 0 Å². The van der Waals surface area contributed by atoms with E-state index in [-0.39, 0.29) is 0 Å². The molecule has 78 valence electrons. The lowest BCUT2D eigenvalue weighted by Crippen LogP contribution is -1.92. The maximum Gasteiger partial charge on any atom is 0.142 e. The number of hydrogen-bond acceptors (Lipinski definition) is 2. The highest BCUT2D eigenvalue weighted by atomic mass is 15.1. The summed E-state index contributed by atoms with van der Waals surface area (Å²) in [5.41, 5.74) is 3.20. The second-order valence-corrected chi connectivity index (χ2v) is 3.72. The fourth-order valence-corrected chi connectivity index (χ4v) is 1.90. The smallest absolute Gasteiger partial charge is 0.142 e. The lowest BCUT2D eigenvalue weighted by Gasteiger charge is -2.00. The number of aryl methyl sites for hydroxylation is 1. The Kier molecular flexibility index (Phi) is 1.96. The van der Waals surface area contributed by atoms with Gasteiger partial charge in [0.05, 0.1) is 11.0 Å². The Morgan fingerprint density at radius 1 is 1.06 bits per heavy atom. The van der Waals surface area contributed by atoms with E-state index in [4.69, 9.17) is 0 Å². The van der Waals surface area contributed by atoms with Gasteiger partial charge >= 0.3 is 0 Å². The van der Waals surface area contributed by atoms with E-state index >= 15 is 0 Å². The third-order valence-corrected chi connectivity index (χ3v) is 2.71. The molecule has 16 heavy (non-hydrogen) atoms. The van der Waals surface area contributed by atoms with Crippen LogP contribution in [0.1, 0.15) is 0 Å². The number of imidazole rings is 1. The number of aromatic nitrogens is 3. The predicted molar refractivity (Wildman–Crippen MR) is 63.9 cm³/mol. The maximum absolute atomic E-state index is 4.61. The van der Waals surface area contributed by atoms with E-state index in [2.05, 4.69) is 20.6 Å². The van der Waals surface area contributed by atoms with Gasteiger partial charge in [0.25, 0.3) is 0 Å². The normalized spacial score (nSPS) is 10.8. The Balaban J connectivity index is 2.29. The number of pyridine rings is 1. The fourth-order valence-electron chi connectivity index (χ4n) is 1.90. The minimum absolute atomic E-state index is 0.953. The molecule has 0 aliphatic heterocycles. The molecular formula is C13H11N3. The van der Waals surface area contributed by atoms with E-state index in [1.54, 1.807) is 6.20 Å². The maximum atomic E-state index is 4.61.